The summed E-state index contributed by atoms with van der Waals surface area (Å²) in [5.41, 5.74) is 1.74. The summed E-state index contributed by atoms with van der Waals surface area (Å²) in [4.78, 5) is 12.5. The lowest BCUT2D eigenvalue weighted by atomic mass is 10.1. The molecule has 0 saturated carbocycles. The highest BCUT2D eigenvalue weighted by Crippen LogP contribution is 2.27. The third-order valence-corrected chi connectivity index (χ3v) is 6.24. The molecule has 1 amide bonds. The Morgan fingerprint density at radius 3 is 2.34 bits per heavy atom. The van der Waals surface area contributed by atoms with Crippen molar-refractivity contribution in [1.29, 1.82) is 0 Å². The third-order valence-electron chi connectivity index (χ3n) is 4.03. The summed E-state index contributed by atoms with van der Waals surface area (Å²) >= 11 is 9.46. The van der Waals surface area contributed by atoms with Crippen molar-refractivity contribution in [3.8, 4) is 0 Å². The molecule has 0 fully saturated rings. The van der Waals surface area contributed by atoms with Crippen molar-refractivity contribution in [3.05, 3.63) is 87.1 Å². The van der Waals surface area contributed by atoms with Crippen LogP contribution in [0.2, 0.25) is 5.02 Å². The Balaban J connectivity index is 1.85. The Labute approximate surface area is 181 Å². The molecular formula is C20H15BrClFN2O3S. The van der Waals surface area contributed by atoms with Crippen LogP contribution in [0, 0.1) is 12.7 Å². The van der Waals surface area contributed by atoms with Gasteiger partial charge in [-0.05, 0) is 73.2 Å². The minimum atomic E-state index is -4.00. The van der Waals surface area contributed by atoms with E-state index in [-0.39, 0.29) is 21.2 Å². The number of rotatable bonds is 5. The van der Waals surface area contributed by atoms with E-state index in [0.29, 0.717) is 5.69 Å². The van der Waals surface area contributed by atoms with Crippen LogP contribution in [0.3, 0.4) is 0 Å². The number of sulfonamides is 1. The van der Waals surface area contributed by atoms with Gasteiger partial charge in [0.25, 0.3) is 15.9 Å². The Morgan fingerprint density at radius 1 is 1.00 bits per heavy atom. The van der Waals surface area contributed by atoms with Crippen LogP contribution in [-0.2, 0) is 10.0 Å². The summed E-state index contributed by atoms with van der Waals surface area (Å²) in [6.07, 6.45) is 0. The van der Waals surface area contributed by atoms with E-state index < -0.39 is 21.7 Å². The Hall–Kier alpha value is -2.42. The van der Waals surface area contributed by atoms with Crippen LogP contribution >= 0.6 is 27.5 Å². The molecule has 0 unspecified atom stereocenters. The zero-order chi connectivity index (χ0) is 21.2. The van der Waals surface area contributed by atoms with Crippen molar-refractivity contribution in [3.63, 3.8) is 0 Å². The van der Waals surface area contributed by atoms with Gasteiger partial charge in [-0.25, -0.2) is 12.8 Å². The number of aryl methyl sites for hydroxylation is 1. The number of nitrogens with one attached hydrogen (secondary N) is 2. The predicted octanol–water partition coefficient (Wildman–Crippen LogP) is 5.60. The van der Waals surface area contributed by atoms with E-state index in [9.17, 15) is 17.6 Å². The molecule has 3 aromatic rings. The minimum absolute atomic E-state index is 0.0381. The van der Waals surface area contributed by atoms with Crippen molar-refractivity contribution in [2.45, 2.75) is 11.8 Å². The topological polar surface area (TPSA) is 75.3 Å². The number of anilines is 2. The average molecular weight is 498 g/mol. The molecule has 2 N–H and O–H groups in total. The second-order valence-electron chi connectivity index (χ2n) is 6.17. The van der Waals surface area contributed by atoms with Crippen LogP contribution in [0.5, 0.6) is 0 Å². The van der Waals surface area contributed by atoms with Crippen LogP contribution in [0.15, 0.2) is 70.0 Å². The molecule has 5 nitrogen and oxygen atoms in total. The van der Waals surface area contributed by atoms with E-state index in [0.717, 1.165) is 34.3 Å². The summed E-state index contributed by atoms with van der Waals surface area (Å²) in [7, 11) is -4.00. The fourth-order valence-electron chi connectivity index (χ4n) is 2.52. The van der Waals surface area contributed by atoms with Gasteiger partial charge in [-0.2, -0.15) is 0 Å². The summed E-state index contributed by atoms with van der Waals surface area (Å²) in [5, 5.41) is 2.90. The molecule has 0 spiro atoms. The van der Waals surface area contributed by atoms with Gasteiger partial charge in [0.1, 0.15) is 5.82 Å². The molecule has 0 aliphatic heterocycles. The molecule has 0 aromatic heterocycles. The monoisotopic (exact) mass is 496 g/mol. The summed E-state index contributed by atoms with van der Waals surface area (Å²) in [6.45, 7) is 1.85. The number of benzene rings is 3. The van der Waals surface area contributed by atoms with Crippen molar-refractivity contribution in [2.75, 3.05) is 10.0 Å². The van der Waals surface area contributed by atoms with Gasteiger partial charge in [0.05, 0.1) is 15.6 Å². The molecule has 0 radical (unpaired) electrons. The van der Waals surface area contributed by atoms with Crippen molar-refractivity contribution in [2.24, 2.45) is 0 Å². The second kappa shape index (κ2) is 8.52. The fraction of sp³-hybridized carbons (Fsp3) is 0.0500. The first kappa shape index (κ1) is 21.3. The zero-order valence-corrected chi connectivity index (χ0v) is 18.2. The van der Waals surface area contributed by atoms with Gasteiger partial charge < -0.3 is 5.32 Å². The van der Waals surface area contributed by atoms with E-state index >= 15 is 0 Å². The average Bonchev–Trinajstić information content (AvgIpc) is 2.66. The number of carbonyl (C=O) groups is 1. The number of hydrogen-bond donors (Lipinski definition) is 2. The van der Waals surface area contributed by atoms with Gasteiger partial charge in [0, 0.05) is 15.7 Å². The van der Waals surface area contributed by atoms with Crippen LogP contribution in [0.25, 0.3) is 0 Å². The first-order valence-electron chi connectivity index (χ1n) is 8.31. The third kappa shape index (κ3) is 5.14. The quantitative estimate of drug-likeness (QED) is 0.481. The maximum Gasteiger partial charge on any atom is 0.261 e. The molecule has 0 aliphatic carbocycles. The lowest BCUT2D eigenvalue weighted by molar-refractivity contribution is 0.102. The van der Waals surface area contributed by atoms with Gasteiger partial charge >= 0.3 is 0 Å². The zero-order valence-electron chi connectivity index (χ0n) is 15.0. The predicted molar refractivity (Wildman–Crippen MR) is 115 cm³/mol. The maximum absolute atomic E-state index is 13.1. The van der Waals surface area contributed by atoms with Gasteiger partial charge in [-0.15, -0.1) is 0 Å². The lowest BCUT2D eigenvalue weighted by Gasteiger charge is -2.12. The van der Waals surface area contributed by atoms with Crippen LogP contribution in [-0.4, -0.2) is 14.3 Å². The van der Waals surface area contributed by atoms with Crippen molar-refractivity contribution in [1.82, 2.24) is 0 Å². The highest BCUT2D eigenvalue weighted by molar-refractivity contribution is 9.10. The van der Waals surface area contributed by atoms with E-state index in [2.05, 4.69) is 26.0 Å². The Morgan fingerprint density at radius 2 is 1.69 bits per heavy atom. The summed E-state index contributed by atoms with van der Waals surface area (Å²) in [5.74, 6) is -0.974. The standard InChI is InChI=1S/C20H15BrClFN2O3S/c1-12-10-14(21)3-9-18(12)24-20(26)13-2-8-17(22)19(11-13)25-29(27,28)16-6-4-15(23)5-7-16/h2-11,25H,1H3,(H,24,26). The lowest BCUT2D eigenvalue weighted by Crippen LogP contribution is -2.16. The largest absolute Gasteiger partial charge is 0.322 e. The van der Waals surface area contributed by atoms with Crippen LogP contribution < -0.4 is 10.0 Å². The molecule has 150 valence electrons. The van der Waals surface area contributed by atoms with E-state index in [1.807, 2.05) is 13.0 Å². The second-order valence-corrected chi connectivity index (χ2v) is 9.17. The van der Waals surface area contributed by atoms with Crippen molar-refractivity contribution >= 4 is 54.8 Å². The highest BCUT2D eigenvalue weighted by atomic mass is 79.9. The highest BCUT2D eigenvalue weighted by Gasteiger charge is 2.18. The molecule has 3 aromatic carbocycles. The number of hydrogen-bond acceptors (Lipinski definition) is 3. The molecule has 0 saturated heterocycles. The number of amides is 1. The molecule has 29 heavy (non-hydrogen) atoms. The molecule has 0 bridgehead atoms. The van der Waals surface area contributed by atoms with E-state index in [1.54, 1.807) is 12.1 Å². The summed E-state index contributed by atoms with van der Waals surface area (Å²) in [6, 6.07) is 14.0. The van der Waals surface area contributed by atoms with Gasteiger partial charge in [-0.1, -0.05) is 27.5 Å². The molecular weight excluding hydrogens is 483 g/mol. The van der Waals surface area contributed by atoms with Crippen molar-refractivity contribution < 1.29 is 17.6 Å². The smallest absolute Gasteiger partial charge is 0.261 e. The molecule has 3 rings (SSSR count). The van der Waals surface area contributed by atoms with E-state index in [1.165, 1.54) is 18.2 Å². The minimum Gasteiger partial charge on any atom is -0.322 e. The molecule has 9 heteroatoms. The number of halogens is 3. The van der Waals surface area contributed by atoms with Gasteiger partial charge in [0.2, 0.25) is 0 Å². The molecule has 0 aliphatic rings. The SMILES string of the molecule is Cc1cc(Br)ccc1NC(=O)c1ccc(Cl)c(NS(=O)(=O)c2ccc(F)cc2)c1. The number of carbonyl (C=O) groups excluding carboxylic acids is 1. The van der Waals surface area contributed by atoms with Crippen LogP contribution in [0.4, 0.5) is 15.8 Å². The van der Waals surface area contributed by atoms with Gasteiger partial charge in [0.15, 0.2) is 0 Å². The Kier molecular flexibility index (Phi) is 6.26. The first-order valence-corrected chi connectivity index (χ1v) is 11.0. The maximum atomic E-state index is 13.1. The first-order chi connectivity index (χ1) is 13.7. The van der Waals surface area contributed by atoms with Crippen LogP contribution in [0.1, 0.15) is 15.9 Å². The van der Waals surface area contributed by atoms with E-state index in [4.69, 9.17) is 11.6 Å². The van der Waals surface area contributed by atoms with Gasteiger partial charge in [-0.3, -0.25) is 9.52 Å². The summed E-state index contributed by atoms with van der Waals surface area (Å²) < 4.78 is 41.3. The molecule has 0 atom stereocenters. The Bertz CT molecular complexity index is 1180. The molecule has 0 heterocycles. The normalized spacial score (nSPS) is 11.2. The fourth-order valence-corrected chi connectivity index (χ4v) is 4.29.